The van der Waals surface area contributed by atoms with E-state index in [1.807, 2.05) is 0 Å². The zero-order valence-electron chi connectivity index (χ0n) is 11.4. The monoisotopic (exact) mass is 298 g/mol. The third-order valence-corrected chi connectivity index (χ3v) is 3.22. The lowest BCUT2D eigenvalue weighted by Crippen LogP contribution is -2.26. The average Bonchev–Trinajstić information content (AvgIpc) is 2.82. The van der Waals surface area contributed by atoms with Gasteiger partial charge in [-0.1, -0.05) is 17.3 Å². The molecule has 0 saturated carbocycles. The zero-order chi connectivity index (χ0) is 15.7. The van der Waals surface area contributed by atoms with Crippen molar-refractivity contribution in [3.8, 4) is 11.4 Å². The molecule has 0 bridgehead atoms. The molecule has 0 atom stereocenters. The number of aromatic nitrogens is 4. The van der Waals surface area contributed by atoms with E-state index in [1.54, 1.807) is 36.5 Å². The Morgan fingerprint density at radius 3 is 2.50 bits per heavy atom. The number of imidazole rings is 1. The normalized spacial score (nSPS) is 10.7. The summed E-state index contributed by atoms with van der Waals surface area (Å²) >= 11 is 0. The maximum absolute atomic E-state index is 11.7. The van der Waals surface area contributed by atoms with Gasteiger partial charge in [-0.15, -0.1) is 0 Å². The minimum atomic E-state index is -0.435. The molecule has 1 radical (unpaired) electrons. The first-order chi connectivity index (χ1) is 10.5. The second-order valence-electron chi connectivity index (χ2n) is 4.73. The molecular weight excluding hydrogens is 286 g/mol. The fraction of sp³-hybridized carbons (Fsp3) is 0.0714. The Hall–Kier alpha value is -3.29. The minimum absolute atomic E-state index is 0.0119. The molecule has 0 unspecified atom stereocenters. The molecule has 2 aromatic heterocycles. The van der Waals surface area contributed by atoms with Crippen LogP contribution in [0.5, 0.6) is 0 Å². The van der Waals surface area contributed by atoms with Crippen LogP contribution in [-0.4, -0.2) is 14.3 Å². The summed E-state index contributed by atoms with van der Waals surface area (Å²) in [6.07, 6.45) is 3.86. The Kier molecular flexibility index (Phi) is 3.26. The van der Waals surface area contributed by atoms with Crippen LogP contribution in [0.25, 0.3) is 11.4 Å². The van der Waals surface area contributed by atoms with E-state index >= 15 is 0 Å². The quantitative estimate of drug-likeness (QED) is 0.548. The van der Waals surface area contributed by atoms with Crippen LogP contribution in [-0.2, 0) is 11.8 Å². The van der Waals surface area contributed by atoms with E-state index in [0.717, 1.165) is 18.0 Å². The number of nitrogen functional groups attached to an aromatic ring is 1. The first-order valence-electron chi connectivity index (χ1n) is 6.45. The lowest BCUT2D eigenvalue weighted by Gasteiger charge is -2.06. The van der Waals surface area contributed by atoms with Crippen molar-refractivity contribution in [2.75, 3.05) is 5.73 Å². The SMILES string of the molecule is Nc1ccn(Cc2ccc(-c3n([O])cc[n+]3[O-])cc2)c(=O)n1. The van der Waals surface area contributed by atoms with Gasteiger partial charge >= 0.3 is 11.5 Å². The van der Waals surface area contributed by atoms with Gasteiger partial charge in [0, 0.05) is 10.9 Å². The number of nitrogens with two attached hydrogens (primary N) is 1. The van der Waals surface area contributed by atoms with E-state index in [4.69, 9.17) is 5.73 Å². The molecule has 22 heavy (non-hydrogen) atoms. The smallest absolute Gasteiger partial charge is 0.349 e. The van der Waals surface area contributed by atoms with Gasteiger partial charge in [0.15, 0.2) is 6.20 Å². The van der Waals surface area contributed by atoms with Crippen LogP contribution in [0, 0.1) is 5.21 Å². The number of anilines is 1. The molecule has 0 aliphatic heterocycles. The maximum Gasteiger partial charge on any atom is 0.349 e. The number of nitrogens with zero attached hydrogens (tertiary/aromatic N) is 4. The van der Waals surface area contributed by atoms with Crippen molar-refractivity contribution in [3.63, 3.8) is 0 Å². The van der Waals surface area contributed by atoms with Crippen molar-refractivity contribution in [2.45, 2.75) is 6.54 Å². The molecular formula is C14H12N5O3. The third-order valence-electron chi connectivity index (χ3n) is 3.22. The topological polar surface area (TPSA) is 113 Å². The third kappa shape index (κ3) is 2.49. The first-order valence-corrected chi connectivity index (χ1v) is 6.45. The molecule has 0 aliphatic rings. The molecule has 0 spiro atoms. The van der Waals surface area contributed by atoms with Gasteiger partial charge < -0.3 is 10.9 Å². The summed E-state index contributed by atoms with van der Waals surface area (Å²) < 4.78 is 2.43. The highest BCUT2D eigenvalue weighted by atomic mass is 16.5. The molecule has 3 aromatic rings. The van der Waals surface area contributed by atoms with Gasteiger partial charge in [0.1, 0.15) is 12.0 Å². The summed E-state index contributed by atoms with van der Waals surface area (Å²) in [5, 5.41) is 23.0. The summed E-state index contributed by atoms with van der Waals surface area (Å²) in [5.74, 6) is 0.186. The van der Waals surface area contributed by atoms with Gasteiger partial charge in [-0.3, -0.25) is 4.57 Å². The Morgan fingerprint density at radius 2 is 1.91 bits per heavy atom. The van der Waals surface area contributed by atoms with Crippen LogP contribution < -0.4 is 16.2 Å². The van der Waals surface area contributed by atoms with Crippen LogP contribution in [0.1, 0.15) is 5.56 Å². The van der Waals surface area contributed by atoms with E-state index in [2.05, 4.69) is 4.98 Å². The maximum atomic E-state index is 11.7. The van der Waals surface area contributed by atoms with Crippen LogP contribution in [0.15, 0.2) is 53.7 Å². The zero-order valence-corrected chi connectivity index (χ0v) is 11.4. The van der Waals surface area contributed by atoms with Gasteiger partial charge in [0.25, 0.3) is 0 Å². The van der Waals surface area contributed by atoms with Crippen molar-refractivity contribution in [3.05, 3.63) is 70.2 Å². The fourth-order valence-corrected chi connectivity index (χ4v) is 2.13. The molecule has 0 fully saturated rings. The highest BCUT2D eigenvalue weighted by Gasteiger charge is 2.16. The molecule has 0 amide bonds. The number of rotatable bonds is 3. The molecule has 2 N–H and O–H groups in total. The van der Waals surface area contributed by atoms with Crippen molar-refractivity contribution in [1.82, 2.24) is 14.3 Å². The van der Waals surface area contributed by atoms with Crippen LogP contribution >= 0.6 is 0 Å². The predicted molar refractivity (Wildman–Crippen MR) is 76.9 cm³/mol. The standard InChI is InChI=1S/C14H12N5O3/c15-12-5-6-17(14(20)16-12)9-10-1-3-11(4-2-10)13-18(21)7-8-19(13)22/h1-8H,9H2,(H2,15,16,20). The largest absolute Gasteiger partial charge is 0.710 e. The first kappa shape index (κ1) is 13.7. The summed E-state index contributed by atoms with van der Waals surface area (Å²) in [4.78, 5) is 15.3. The van der Waals surface area contributed by atoms with Gasteiger partial charge in [-0.2, -0.15) is 4.98 Å². The minimum Gasteiger partial charge on any atom is -0.710 e. The van der Waals surface area contributed by atoms with E-state index < -0.39 is 5.69 Å². The summed E-state index contributed by atoms with van der Waals surface area (Å²) in [5.41, 5.74) is 6.33. The second-order valence-corrected chi connectivity index (χ2v) is 4.73. The molecule has 2 heterocycles. The average molecular weight is 298 g/mol. The van der Waals surface area contributed by atoms with E-state index in [-0.39, 0.29) is 11.6 Å². The van der Waals surface area contributed by atoms with E-state index in [1.165, 1.54) is 4.57 Å². The summed E-state index contributed by atoms with van der Waals surface area (Å²) in [6, 6.07) is 8.34. The highest BCUT2D eigenvalue weighted by molar-refractivity contribution is 5.53. The molecule has 8 nitrogen and oxygen atoms in total. The number of hydrogen-bond acceptors (Lipinski definition) is 4. The van der Waals surface area contributed by atoms with Crippen LogP contribution in [0.3, 0.4) is 0 Å². The Morgan fingerprint density at radius 1 is 1.18 bits per heavy atom. The van der Waals surface area contributed by atoms with Gasteiger partial charge in [0.2, 0.25) is 0 Å². The molecule has 1 aromatic carbocycles. The highest BCUT2D eigenvalue weighted by Crippen LogP contribution is 2.16. The number of benzene rings is 1. The van der Waals surface area contributed by atoms with E-state index in [9.17, 15) is 15.2 Å². The van der Waals surface area contributed by atoms with E-state index in [0.29, 0.717) is 21.6 Å². The molecule has 0 aliphatic carbocycles. The Balaban J connectivity index is 1.87. The second kappa shape index (κ2) is 5.24. The van der Waals surface area contributed by atoms with Crippen LogP contribution in [0.2, 0.25) is 0 Å². The Bertz CT molecular complexity index is 847. The van der Waals surface area contributed by atoms with Gasteiger partial charge in [0.05, 0.1) is 12.1 Å². The van der Waals surface area contributed by atoms with Crippen molar-refractivity contribution < 1.29 is 9.94 Å². The summed E-state index contributed by atoms with van der Waals surface area (Å²) in [6.45, 7) is 0.322. The van der Waals surface area contributed by atoms with Crippen molar-refractivity contribution >= 4 is 5.82 Å². The lowest BCUT2D eigenvalue weighted by molar-refractivity contribution is -0.594. The van der Waals surface area contributed by atoms with Crippen molar-refractivity contribution in [1.29, 1.82) is 0 Å². The molecule has 3 rings (SSSR count). The fourth-order valence-electron chi connectivity index (χ4n) is 2.13. The molecule has 8 heteroatoms. The Labute approximate surface area is 124 Å². The predicted octanol–water partition coefficient (Wildman–Crippen LogP) is 0.169. The van der Waals surface area contributed by atoms with Crippen LogP contribution in [0.4, 0.5) is 5.82 Å². The summed E-state index contributed by atoms with van der Waals surface area (Å²) in [7, 11) is 0. The molecule has 0 saturated heterocycles. The number of hydrogen-bond donors (Lipinski definition) is 1. The van der Waals surface area contributed by atoms with Crippen molar-refractivity contribution in [2.24, 2.45) is 0 Å². The van der Waals surface area contributed by atoms with Gasteiger partial charge in [-0.25, -0.2) is 9.52 Å². The lowest BCUT2D eigenvalue weighted by atomic mass is 10.1. The molecule has 111 valence electrons. The van der Waals surface area contributed by atoms with Gasteiger partial charge in [-0.05, 0) is 23.8 Å².